The first-order valence-electron chi connectivity index (χ1n) is 7.33. The summed E-state index contributed by atoms with van der Waals surface area (Å²) in [6.07, 6.45) is 5.12. The minimum Gasteiger partial charge on any atom is -0.398 e. The third-order valence-electron chi connectivity index (χ3n) is 3.53. The van der Waals surface area contributed by atoms with Gasteiger partial charge in [-0.3, -0.25) is 9.97 Å². The molecule has 0 saturated carbocycles. The summed E-state index contributed by atoms with van der Waals surface area (Å²) in [6.45, 7) is 0. The monoisotopic (exact) mass is 315 g/mol. The molecule has 0 saturated heterocycles. The van der Waals surface area contributed by atoms with Crippen LogP contribution in [0.5, 0.6) is 0 Å². The van der Waals surface area contributed by atoms with Gasteiger partial charge in [-0.15, -0.1) is 15.0 Å². The SMILES string of the molecule is Nc1ccccc1-c1cncc(-n2nnc(-c3ccccn3)n2)c1. The molecule has 7 heteroatoms. The number of hydrogen-bond acceptors (Lipinski definition) is 6. The van der Waals surface area contributed by atoms with Gasteiger partial charge in [0, 0.05) is 29.2 Å². The molecule has 0 atom stereocenters. The summed E-state index contributed by atoms with van der Waals surface area (Å²) in [5.41, 5.74) is 9.90. The van der Waals surface area contributed by atoms with Gasteiger partial charge in [0.1, 0.15) is 11.4 Å². The van der Waals surface area contributed by atoms with Crippen molar-refractivity contribution >= 4 is 5.69 Å². The molecule has 0 unspecified atom stereocenters. The zero-order chi connectivity index (χ0) is 16.4. The van der Waals surface area contributed by atoms with Gasteiger partial charge >= 0.3 is 0 Å². The highest BCUT2D eigenvalue weighted by Gasteiger charge is 2.10. The number of pyridine rings is 2. The van der Waals surface area contributed by atoms with Gasteiger partial charge in [-0.25, -0.2) is 0 Å². The van der Waals surface area contributed by atoms with Crippen molar-refractivity contribution in [1.29, 1.82) is 0 Å². The molecule has 4 rings (SSSR count). The first kappa shape index (κ1) is 14.0. The summed E-state index contributed by atoms with van der Waals surface area (Å²) >= 11 is 0. The van der Waals surface area contributed by atoms with Crippen LogP contribution in [0.2, 0.25) is 0 Å². The average Bonchev–Trinajstić information content (AvgIpc) is 3.13. The van der Waals surface area contributed by atoms with Crippen LogP contribution in [0, 0.1) is 0 Å². The van der Waals surface area contributed by atoms with E-state index in [9.17, 15) is 0 Å². The van der Waals surface area contributed by atoms with Gasteiger partial charge in [-0.2, -0.15) is 0 Å². The van der Waals surface area contributed by atoms with Crippen molar-refractivity contribution in [2.45, 2.75) is 0 Å². The normalized spacial score (nSPS) is 10.7. The largest absolute Gasteiger partial charge is 0.398 e. The molecule has 0 fully saturated rings. The highest BCUT2D eigenvalue weighted by Crippen LogP contribution is 2.26. The summed E-state index contributed by atoms with van der Waals surface area (Å²) in [6, 6.07) is 15.1. The molecule has 3 aromatic heterocycles. The minimum atomic E-state index is 0.459. The van der Waals surface area contributed by atoms with Crippen molar-refractivity contribution < 1.29 is 0 Å². The quantitative estimate of drug-likeness (QED) is 0.583. The Hall–Kier alpha value is -3.61. The number of para-hydroxylation sites is 1. The average molecular weight is 315 g/mol. The molecule has 0 aliphatic heterocycles. The second-order valence-corrected chi connectivity index (χ2v) is 5.14. The van der Waals surface area contributed by atoms with Gasteiger partial charge in [0.15, 0.2) is 0 Å². The highest BCUT2D eigenvalue weighted by atomic mass is 15.6. The number of rotatable bonds is 3. The predicted molar refractivity (Wildman–Crippen MR) is 90.0 cm³/mol. The Bertz CT molecular complexity index is 979. The first-order valence-corrected chi connectivity index (χ1v) is 7.33. The van der Waals surface area contributed by atoms with Crippen LogP contribution < -0.4 is 5.73 Å². The predicted octanol–water partition coefficient (Wildman–Crippen LogP) is 2.37. The van der Waals surface area contributed by atoms with Crippen molar-refractivity contribution in [3.05, 3.63) is 67.1 Å². The first-order chi connectivity index (χ1) is 11.8. The topological polar surface area (TPSA) is 95.4 Å². The lowest BCUT2D eigenvalue weighted by molar-refractivity contribution is 0.717. The van der Waals surface area contributed by atoms with E-state index < -0.39 is 0 Å². The molecule has 24 heavy (non-hydrogen) atoms. The van der Waals surface area contributed by atoms with Crippen LogP contribution in [0.1, 0.15) is 0 Å². The Morgan fingerprint density at radius 2 is 1.83 bits per heavy atom. The van der Waals surface area contributed by atoms with Crippen molar-refractivity contribution in [1.82, 2.24) is 30.2 Å². The second-order valence-electron chi connectivity index (χ2n) is 5.14. The van der Waals surface area contributed by atoms with Crippen molar-refractivity contribution in [2.24, 2.45) is 0 Å². The lowest BCUT2D eigenvalue weighted by Gasteiger charge is -2.06. The summed E-state index contributed by atoms with van der Waals surface area (Å²) in [5, 5.41) is 12.5. The number of aromatic nitrogens is 6. The molecule has 7 nitrogen and oxygen atoms in total. The van der Waals surface area contributed by atoms with Crippen molar-refractivity contribution in [2.75, 3.05) is 5.73 Å². The van der Waals surface area contributed by atoms with Crippen LogP contribution in [0.4, 0.5) is 5.69 Å². The zero-order valence-corrected chi connectivity index (χ0v) is 12.6. The zero-order valence-electron chi connectivity index (χ0n) is 12.6. The maximum atomic E-state index is 6.04. The maximum absolute atomic E-state index is 6.04. The summed E-state index contributed by atoms with van der Waals surface area (Å²) in [7, 11) is 0. The van der Waals surface area contributed by atoms with E-state index in [1.807, 2.05) is 48.5 Å². The molecule has 3 heterocycles. The van der Waals surface area contributed by atoms with Gasteiger partial charge < -0.3 is 5.73 Å². The van der Waals surface area contributed by atoms with Gasteiger partial charge in [-0.05, 0) is 29.5 Å². The maximum Gasteiger partial charge on any atom is 0.223 e. The number of tetrazole rings is 1. The molecule has 1 aromatic carbocycles. The van der Waals surface area contributed by atoms with Crippen LogP contribution in [0.3, 0.4) is 0 Å². The van der Waals surface area contributed by atoms with Gasteiger partial charge in [0.05, 0.1) is 6.20 Å². The minimum absolute atomic E-state index is 0.459. The molecule has 0 aliphatic carbocycles. The Morgan fingerprint density at radius 3 is 2.67 bits per heavy atom. The molecular weight excluding hydrogens is 302 g/mol. The molecule has 4 aromatic rings. The number of nitrogen functional groups attached to an aromatic ring is 1. The lowest BCUT2D eigenvalue weighted by atomic mass is 10.1. The van der Waals surface area contributed by atoms with E-state index >= 15 is 0 Å². The molecule has 2 N–H and O–H groups in total. The third kappa shape index (κ3) is 2.58. The highest BCUT2D eigenvalue weighted by molar-refractivity contribution is 5.76. The Labute approximate surface area is 137 Å². The van der Waals surface area contributed by atoms with Crippen molar-refractivity contribution in [3.8, 4) is 28.3 Å². The van der Waals surface area contributed by atoms with Gasteiger partial charge in [0.25, 0.3) is 0 Å². The van der Waals surface area contributed by atoms with Gasteiger partial charge in [0.2, 0.25) is 5.82 Å². The number of hydrogen-bond donors (Lipinski definition) is 1. The number of nitrogens with two attached hydrogens (primary N) is 1. The molecule has 116 valence electrons. The van der Waals surface area contributed by atoms with Crippen LogP contribution in [0.25, 0.3) is 28.3 Å². The van der Waals surface area contributed by atoms with Crippen LogP contribution >= 0.6 is 0 Å². The molecule has 0 radical (unpaired) electrons. The molecular formula is C17H13N7. The van der Waals surface area contributed by atoms with Crippen LogP contribution in [-0.4, -0.2) is 30.2 Å². The summed E-state index contributed by atoms with van der Waals surface area (Å²) in [5.74, 6) is 0.459. The lowest BCUT2D eigenvalue weighted by Crippen LogP contribution is -2.00. The number of anilines is 1. The van der Waals surface area contributed by atoms with E-state index in [0.29, 0.717) is 22.9 Å². The summed E-state index contributed by atoms with van der Waals surface area (Å²) in [4.78, 5) is 9.91. The van der Waals surface area contributed by atoms with Gasteiger partial charge in [-0.1, -0.05) is 24.3 Å². The van der Waals surface area contributed by atoms with Crippen molar-refractivity contribution in [3.63, 3.8) is 0 Å². The molecule has 0 spiro atoms. The summed E-state index contributed by atoms with van der Waals surface area (Å²) < 4.78 is 0. The fourth-order valence-corrected chi connectivity index (χ4v) is 2.37. The third-order valence-corrected chi connectivity index (χ3v) is 3.53. The number of benzene rings is 1. The van der Waals surface area contributed by atoms with E-state index in [-0.39, 0.29) is 0 Å². The standard InChI is InChI=1S/C17H13N7/c18-15-6-2-1-5-14(15)12-9-13(11-19-10-12)24-22-17(21-23-24)16-7-3-4-8-20-16/h1-11H,18H2. The van der Waals surface area contributed by atoms with E-state index in [1.54, 1.807) is 18.6 Å². The Morgan fingerprint density at radius 1 is 0.958 bits per heavy atom. The number of nitrogens with zero attached hydrogens (tertiary/aromatic N) is 6. The molecule has 0 aliphatic rings. The Kier molecular flexibility index (Phi) is 3.43. The fraction of sp³-hybridized carbons (Fsp3) is 0. The second kappa shape index (κ2) is 5.88. The van der Waals surface area contributed by atoms with E-state index in [2.05, 4.69) is 25.4 Å². The smallest absolute Gasteiger partial charge is 0.223 e. The van der Waals surface area contributed by atoms with Crippen LogP contribution in [-0.2, 0) is 0 Å². The van der Waals surface area contributed by atoms with E-state index in [1.165, 1.54) is 4.80 Å². The van der Waals surface area contributed by atoms with Crippen LogP contribution in [0.15, 0.2) is 67.1 Å². The molecule has 0 bridgehead atoms. The molecule has 0 amide bonds. The fourth-order valence-electron chi connectivity index (χ4n) is 2.37. The Balaban J connectivity index is 1.72. The van der Waals surface area contributed by atoms with E-state index in [4.69, 9.17) is 5.73 Å². The van der Waals surface area contributed by atoms with E-state index in [0.717, 1.165) is 11.1 Å².